The van der Waals surface area contributed by atoms with Crippen LogP contribution >= 0.6 is 22.6 Å². The molecule has 0 aliphatic heterocycles. The van der Waals surface area contributed by atoms with Gasteiger partial charge in [-0.1, -0.05) is 0 Å². The average molecular weight is 440 g/mol. The van der Waals surface area contributed by atoms with Crippen molar-refractivity contribution in [3.05, 3.63) is 51.1 Å². The summed E-state index contributed by atoms with van der Waals surface area (Å²) in [6.07, 6.45) is 2.93. The van der Waals surface area contributed by atoms with Gasteiger partial charge in [-0.2, -0.15) is 0 Å². The molecule has 0 aromatic heterocycles. The molecular weight excluding hydrogens is 423 g/mol. The standard InChI is InChI=1S/C18H17IO5/c1-22-13-9-16(23-2)18(17(10-13)24-3)15(21)6-4-11-8-12(19)5-7-14(11)20/h4-10,20H,1-3H3/b6-4+. The average Bonchev–Trinajstić information content (AvgIpc) is 2.60. The summed E-state index contributed by atoms with van der Waals surface area (Å²) in [5.74, 6) is 1.04. The molecule has 2 aromatic carbocycles. The van der Waals surface area contributed by atoms with Gasteiger partial charge in [-0.15, -0.1) is 0 Å². The zero-order valence-corrected chi connectivity index (χ0v) is 15.7. The van der Waals surface area contributed by atoms with Crippen LogP contribution in [-0.4, -0.2) is 32.2 Å². The van der Waals surface area contributed by atoms with E-state index >= 15 is 0 Å². The van der Waals surface area contributed by atoms with Crippen molar-refractivity contribution in [3.63, 3.8) is 0 Å². The minimum absolute atomic E-state index is 0.105. The van der Waals surface area contributed by atoms with E-state index in [9.17, 15) is 9.90 Å². The maximum atomic E-state index is 12.6. The summed E-state index contributed by atoms with van der Waals surface area (Å²) < 4.78 is 16.7. The number of phenolic OH excluding ortho intramolecular Hbond substituents is 1. The Hall–Kier alpha value is -2.22. The molecule has 24 heavy (non-hydrogen) atoms. The van der Waals surface area contributed by atoms with Crippen LogP contribution in [0.2, 0.25) is 0 Å². The number of rotatable bonds is 6. The maximum absolute atomic E-state index is 12.6. The lowest BCUT2D eigenvalue weighted by Gasteiger charge is -2.13. The van der Waals surface area contributed by atoms with Gasteiger partial charge >= 0.3 is 0 Å². The molecule has 0 heterocycles. The Balaban J connectivity index is 2.42. The smallest absolute Gasteiger partial charge is 0.193 e. The SMILES string of the molecule is COc1cc(OC)c(C(=O)/C=C/c2cc(I)ccc2O)c(OC)c1. The summed E-state index contributed by atoms with van der Waals surface area (Å²) in [5, 5.41) is 9.86. The molecule has 126 valence electrons. The van der Waals surface area contributed by atoms with Crippen molar-refractivity contribution in [2.45, 2.75) is 0 Å². The molecule has 0 saturated carbocycles. The minimum Gasteiger partial charge on any atom is -0.507 e. The summed E-state index contributed by atoms with van der Waals surface area (Å²) in [6.45, 7) is 0. The van der Waals surface area contributed by atoms with Crippen molar-refractivity contribution >= 4 is 34.5 Å². The first-order valence-electron chi connectivity index (χ1n) is 7.01. The van der Waals surface area contributed by atoms with E-state index in [0.29, 0.717) is 28.4 Å². The number of allylic oxidation sites excluding steroid dienone is 1. The molecule has 0 saturated heterocycles. The second kappa shape index (κ2) is 8.05. The molecule has 6 heteroatoms. The Kier molecular flexibility index (Phi) is 6.08. The van der Waals surface area contributed by atoms with E-state index in [1.54, 1.807) is 36.4 Å². The van der Waals surface area contributed by atoms with Crippen molar-refractivity contribution in [1.82, 2.24) is 0 Å². The number of hydrogen-bond donors (Lipinski definition) is 1. The highest BCUT2D eigenvalue weighted by atomic mass is 127. The fraction of sp³-hybridized carbons (Fsp3) is 0.167. The fourth-order valence-electron chi connectivity index (χ4n) is 2.16. The number of benzene rings is 2. The van der Waals surface area contributed by atoms with Gasteiger partial charge in [0.1, 0.15) is 28.6 Å². The number of phenols is 1. The van der Waals surface area contributed by atoms with Crippen molar-refractivity contribution in [2.24, 2.45) is 0 Å². The Labute approximate surface area is 154 Å². The van der Waals surface area contributed by atoms with Crippen LogP contribution in [0.25, 0.3) is 6.08 Å². The quantitative estimate of drug-likeness (QED) is 0.419. The Morgan fingerprint density at radius 2 is 1.67 bits per heavy atom. The van der Waals surface area contributed by atoms with Crippen LogP contribution in [0.1, 0.15) is 15.9 Å². The van der Waals surface area contributed by atoms with Crippen LogP contribution in [0.4, 0.5) is 0 Å². The van der Waals surface area contributed by atoms with Crippen molar-refractivity contribution in [2.75, 3.05) is 21.3 Å². The number of carbonyl (C=O) groups excluding carboxylic acids is 1. The van der Waals surface area contributed by atoms with Crippen LogP contribution in [0, 0.1) is 3.57 Å². The topological polar surface area (TPSA) is 65.0 Å². The zero-order valence-electron chi connectivity index (χ0n) is 13.5. The highest BCUT2D eigenvalue weighted by Crippen LogP contribution is 2.34. The molecular formula is C18H17IO5. The number of ether oxygens (including phenoxy) is 3. The van der Waals surface area contributed by atoms with E-state index < -0.39 is 0 Å². The Bertz CT molecular complexity index is 758. The predicted octanol–water partition coefficient (Wildman–Crippen LogP) is 3.92. The summed E-state index contributed by atoms with van der Waals surface area (Å²) >= 11 is 2.14. The molecule has 0 aliphatic carbocycles. The third-order valence-corrected chi connectivity index (χ3v) is 4.04. The van der Waals surface area contributed by atoms with Gasteiger partial charge in [-0.05, 0) is 52.9 Å². The number of halogens is 1. The van der Waals surface area contributed by atoms with E-state index in [2.05, 4.69) is 22.6 Å². The number of carbonyl (C=O) groups is 1. The maximum Gasteiger partial charge on any atom is 0.193 e. The van der Waals surface area contributed by atoms with Crippen LogP contribution in [0.3, 0.4) is 0 Å². The third kappa shape index (κ3) is 4.00. The van der Waals surface area contributed by atoms with Crippen LogP contribution in [-0.2, 0) is 0 Å². The van der Waals surface area contributed by atoms with Gasteiger partial charge in [-0.25, -0.2) is 0 Å². The molecule has 0 fully saturated rings. The van der Waals surface area contributed by atoms with Crippen LogP contribution in [0.5, 0.6) is 23.0 Å². The van der Waals surface area contributed by atoms with E-state index in [0.717, 1.165) is 3.57 Å². The van der Waals surface area contributed by atoms with Gasteiger partial charge in [0.15, 0.2) is 5.78 Å². The molecule has 0 atom stereocenters. The molecule has 0 bridgehead atoms. The molecule has 0 spiro atoms. The lowest BCUT2D eigenvalue weighted by molar-refractivity contribution is 0.104. The highest BCUT2D eigenvalue weighted by molar-refractivity contribution is 14.1. The second-order valence-electron chi connectivity index (χ2n) is 4.81. The highest BCUT2D eigenvalue weighted by Gasteiger charge is 2.18. The van der Waals surface area contributed by atoms with Crippen molar-refractivity contribution in [1.29, 1.82) is 0 Å². The van der Waals surface area contributed by atoms with E-state index in [1.165, 1.54) is 27.4 Å². The first-order valence-corrected chi connectivity index (χ1v) is 8.09. The van der Waals surface area contributed by atoms with Crippen LogP contribution in [0.15, 0.2) is 36.4 Å². The summed E-state index contributed by atoms with van der Waals surface area (Å²) in [6, 6.07) is 8.38. The van der Waals surface area contributed by atoms with E-state index in [4.69, 9.17) is 14.2 Å². The van der Waals surface area contributed by atoms with E-state index in [1.807, 2.05) is 0 Å². The van der Waals surface area contributed by atoms with Crippen LogP contribution < -0.4 is 14.2 Å². The van der Waals surface area contributed by atoms with Gasteiger partial charge in [0.25, 0.3) is 0 Å². The normalized spacial score (nSPS) is 10.7. The first-order chi connectivity index (χ1) is 11.5. The molecule has 2 rings (SSSR count). The monoisotopic (exact) mass is 440 g/mol. The number of hydrogen-bond acceptors (Lipinski definition) is 5. The predicted molar refractivity (Wildman–Crippen MR) is 100 cm³/mol. The summed E-state index contributed by atoms with van der Waals surface area (Å²) in [5.41, 5.74) is 0.851. The largest absolute Gasteiger partial charge is 0.507 e. The fourth-order valence-corrected chi connectivity index (χ4v) is 2.67. The number of ketones is 1. The number of aromatic hydroxyl groups is 1. The molecule has 0 radical (unpaired) electrons. The van der Waals surface area contributed by atoms with Crippen molar-refractivity contribution < 1.29 is 24.1 Å². The Morgan fingerprint density at radius 1 is 1.04 bits per heavy atom. The zero-order chi connectivity index (χ0) is 17.7. The van der Waals surface area contributed by atoms with Gasteiger partial charge in [0.05, 0.1) is 21.3 Å². The van der Waals surface area contributed by atoms with Gasteiger partial charge in [0, 0.05) is 21.3 Å². The van der Waals surface area contributed by atoms with Gasteiger partial charge in [-0.3, -0.25) is 4.79 Å². The van der Waals surface area contributed by atoms with Gasteiger partial charge < -0.3 is 19.3 Å². The Morgan fingerprint density at radius 3 is 2.21 bits per heavy atom. The molecule has 0 aliphatic rings. The molecule has 5 nitrogen and oxygen atoms in total. The minimum atomic E-state index is -0.301. The second-order valence-corrected chi connectivity index (χ2v) is 6.05. The first kappa shape index (κ1) is 18.1. The lowest BCUT2D eigenvalue weighted by Crippen LogP contribution is -2.03. The molecule has 0 unspecified atom stereocenters. The molecule has 0 amide bonds. The van der Waals surface area contributed by atoms with Gasteiger partial charge in [0.2, 0.25) is 0 Å². The molecule has 2 aromatic rings. The summed E-state index contributed by atoms with van der Waals surface area (Å²) in [4.78, 5) is 12.6. The number of methoxy groups -OCH3 is 3. The lowest BCUT2D eigenvalue weighted by atomic mass is 10.1. The third-order valence-electron chi connectivity index (χ3n) is 3.37. The van der Waals surface area contributed by atoms with Crippen molar-refractivity contribution in [3.8, 4) is 23.0 Å². The molecule has 1 N–H and O–H groups in total. The summed E-state index contributed by atoms with van der Waals surface area (Å²) in [7, 11) is 4.47. The van der Waals surface area contributed by atoms with E-state index in [-0.39, 0.29) is 11.5 Å².